The van der Waals surface area contributed by atoms with Gasteiger partial charge in [0.2, 0.25) is 5.91 Å². The minimum atomic E-state index is 0.198. The van der Waals surface area contributed by atoms with Crippen molar-refractivity contribution in [3.63, 3.8) is 0 Å². The van der Waals surface area contributed by atoms with Crippen molar-refractivity contribution < 1.29 is 4.79 Å². The Kier molecular flexibility index (Phi) is 5.65. The Hall–Kier alpha value is -1.87. The summed E-state index contributed by atoms with van der Waals surface area (Å²) < 4.78 is 0. The van der Waals surface area contributed by atoms with E-state index in [1.165, 1.54) is 29.2 Å². The molecule has 0 radical (unpaired) electrons. The lowest BCUT2D eigenvalue weighted by atomic mass is 9.93. The van der Waals surface area contributed by atoms with Crippen LogP contribution in [0, 0.1) is 5.92 Å². The third-order valence-electron chi connectivity index (χ3n) is 4.79. The van der Waals surface area contributed by atoms with E-state index >= 15 is 0 Å². The zero-order chi connectivity index (χ0) is 15.9. The van der Waals surface area contributed by atoms with Crippen molar-refractivity contribution >= 4 is 16.7 Å². The largest absolute Gasteiger partial charge is 0.356 e. The number of piperidine rings is 1. The fraction of sp³-hybridized carbons (Fsp3) is 0.450. The maximum atomic E-state index is 12.0. The number of nitrogens with one attached hydrogen (secondary N) is 2. The van der Waals surface area contributed by atoms with E-state index in [9.17, 15) is 4.79 Å². The highest BCUT2D eigenvalue weighted by molar-refractivity contribution is 5.83. The van der Waals surface area contributed by atoms with Gasteiger partial charge in [-0.1, -0.05) is 42.5 Å². The van der Waals surface area contributed by atoms with Crippen LogP contribution in [0.4, 0.5) is 0 Å². The number of carbonyl (C=O) groups is 1. The first kappa shape index (κ1) is 16.0. The zero-order valence-electron chi connectivity index (χ0n) is 13.7. The molecule has 2 aromatic rings. The van der Waals surface area contributed by atoms with Gasteiger partial charge in [-0.3, -0.25) is 4.79 Å². The average Bonchev–Trinajstić information content (AvgIpc) is 2.61. The van der Waals surface area contributed by atoms with E-state index in [1.54, 1.807) is 0 Å². The highest BCUT2D eigenvalue weighted by Crippen LogP contribution is 2.18. The highest BCUT2D eigenvalue weighted by atomic mass is 16.1. The van der Waals surface area contributed by atoms with Crippen LogP contribution < -0.4 is 10.6 Å². The highest BCUT2D eigenvalue weighted by Gasteiger charge is 2.14. The van der Waals surface area contributed by atoms with E-state index < -0.39 is 0 Å². The van der Waals surface area contributed by atoms with Crippen molar-refractivity contribution in [2.45, 2.75) is 32.1 Å². The second-order valence-electron chi connectivity index (χ2n) is 6.51. The first-order chi connectivity index (χ1) is 11.3. The molecule has 1 heterocycles. The van der Waals surface area contributed by atoms with Crippen LogP contribution in [0.5, 0.6) is 0 Å². The van der Waals surface area contributed by atoms with Crippen molar-refractivity contribution in [3.05, 3.63) is 48.0 Å². The summed E-state index contributed by atoms with van der Waals surface area (Å²) >= 11 is 0. The summed E-state index contributed by atoms with van der Waals surface area (Å²) in [5.74, 6) is 0.923. The lowest BCUT2D eigenvalue weighted by molar-refractivity contribution is -0.121. The molecular formula is C20H26N2O. The van der Waals surface area contributed by atoms with Gasteiger partial charge < -0.3 is 10.6 Å². The summed E-state index contributed by atoms with van der Waals surface area (Å²) in [5, 5.41) is 8.96. The molecule has 122 valence electrons. The summed E-state index contributed by atoms with van der Waals surface area (Å²) in [6, 6.07) is 14.9. The molecule has 3 rings (SSSR count). The zero-order valence-corrected chi connectivity index (χ0v) is 13.7. The Balaban J connectivity index is 1.40. The molecule has 0 aliphatic carbocycles. The van der Waals surface area contributed by atoms with Crippen LogP contribution in [-0.4, -0.2) is 25.5 Å². The fourth-order valence-electron chi connectivity index (χ4n) is 3.33. The van der Waals surface area contributed by atoms with E-state index in [0.29, 0.717) is 6.42 Å². The van der Waals surface area contributed by atoms with Gasteiger partial charge in [-0.05, 0) is 61.0 Å². The minimum Gasteiger partial charge on any atom is -0.356 e. The molecule has 1 fully saturated rings. The summed E-state index contributed by atoms with van der Waals surface area (Å²) in [6.07, 6.45) is 5.02. The molecule has 0 spiro atoms. The smallest absolute Gasteiger partial charge is 0.220 e. The van der Waals surface area contributed by atoms with Crippen molar-refractivity contribution in [1.29, 1.82) is 0 Å². The molecule has 0 saturated carbocycles. The molecule has 3 heteroatoms. The molecule has 23 heavy (non-hydrogen) atoms. The summed E-state index contributed by atoms with van der Waals surface area (Å²) in [7, 11) is 0. The van der Waals surface area contributed by atoms with E-state index in [-0.39, 0.29) is 5.91 Å². The van der Waals surface area contributed by atoms with Crippen molar-refractivity contribution in [1.82, 2.24) is 10.6 Å². The minimum absolute atomic E-state index is 0.198. The van der Waals surface area contributed by atoms with E-state index in [4.69, 9.17) is 0 Å². The number of fused-ring (bicyclic) bond motifs is 1. The Bertz CT molecular complexity index is 647. The topological polar surface area (TPSA) is 41.1 Å². The second-order valence-corrected chi connectivity index (χ2v) is 6.51. The predicted molar refractivity (Wildman–Crippen MR) is 95.5 cm³/mol. The van der Waals surface area contributed by atoms with Crippen LogP contribution in [0.2, 0.25) is 0 Å². The molecule has 0 unspecified atom stereocenters. The van der Waals surface area contributed by atoms with Gasteiger partial charge in [0.1, 0.15) is 0 Å². The molecule has 1 saturated heterocycles. The molecule has 1 aliphatic rings. The van der Waals surface area contributed by atoms with Gasteiger partial charge in [-0.2, -0.15) is 0 Å². The standard InChI is InChI=1S/C20H26N2O/c23-20(8-6-16-9-12-21-13-10-16)22-14-11-17-5-7-18-3-1-2-4-19(18)15-17/h1-5,7,15-16,21H,6,8-14H2,(H,22,23). The quantitative estimate of drug-likeness (QED) is 0.860. The van der Waals surface area contributed by atoms with Gasteiger partial charge in [0, 0.05) is 13.0 Å². The maximum absolute atomic E-state index is 12.0. The molecule has 0 aromatic heterocycles. The average molecular weight is 310 g/mol. The van der Waals surface area contributed by atoms with Crippen LogP contribution in [-0.2, 0) is 11.2 Å². The number of carbonyl (C=O) groups excluding carboxylic acids is 1. The van der Waals surface area contributed by atoms with Crippen LogP contribution in [0.15, 0.2) is 42.5 Å². The SMILES string of the molecule is O=C(CCC1CCNCC1)NCCc1ccc2ccccc2c1. The van der Waals surface area contributed by atoms with Gasteiger partial charge in [0.25, 0.3) is 0 Å². The Morgan fingerprint density at radius 3 is 2.70 bits per heavy atom. The molecule has 0 bridgehead atoms. The van der Waals surface area contributed by atoms with Gasteiger partial charge in [0.15, 0.2) is 0 Å². The number of hydrogen-bond donors (Lipinski definition) is 2. The van der Waals surface area contributed by atoms with Crippen molar-refractivity contribution in [3.8, 4) is 0 Å². The second kappa shape index (κ2) is 8.11. The summed E-state index contributed by atoms with van der Waals surface area (Å²) in [4.78, 5) is 12.0. The lowest BCUT2D eigenvalue weighted by Gasteiger charge is -2.22. The maximum Gasteiger partial charge on any atom is 0.220 e. The fourth-order valence-corrected chi connectivity index (χ4v) is 3.33. The van der Waals surface area contributed by atoms with Crippen LogP contribution >= 0.6 is 0 Å². The third-order valence-corrected chi connectivity index (χ3v) is 4.79. The van der Waals surface area contributed by atoms with Crippen molar-refractivity contribution in [2.24, 2.45) is 5.92 Å². The van der Waals surface area contributed by atoms with Gasteiger partial charge in [-0.25, -0.2) is 0 Å². The van der Waals surface area contributed by atoms with Crippen molar-refractivity contribution in [2.75, 3.05) is 19.6 Å². The van der Waals surface area contributed by atoms with Gasteiger partial charge in [0.05, 0.1) is 0 Å². The molecule has 1 aliphatic heterocycles. The number of hydrogen-bond acceptors (Lipinski definition) is 2. The number of amides is 1. The molecule has 2 aromatic carbocycles. The van der Waals surface area contributed by atoms with E-state index in [0.717, 1.165) is 38.4 Å². The molecule has 2 N–H and O–H groups in total. The van der Waals surface area contributed by atoms with Gasteiger partial charge >= 0.3 is 0 Å². The molecule has 3 nitrogen and oxygen atoms in total. The van der Waals surface area contributed by atoms with E-state index in [2.05, 4.69) is 53.1 Å². The normalized spacial score (nSPS) is 15.7. The molecule has 1 amide bonds. The lowest BCUT2D eigenvalue weighted by Crippen LogP contribution is -2.30. The van der Waals surface area contributed by atoms with Crippen LogP contribution in [0.25, 0.3) is 10.8 Å². The summed E-state index contributed by atoms with van der Waals surface area (Å²) in [6.45, 7) is 2.94. The number of benzene rings is 2. The first-order valence-corrected chi connectivity index (χ1v) is 8.76. The Morgan fingerprint density at radius 2 is 1.87 bits per heavy atom. The van der Waals surface area contributed by atoms with Crippen LogP contribution in [0.3, 0.4) is 0 Å². The molecule has 0 atom stereocenters. The van der Waals surface area contributed by atoms with E-state index in [1.807, 2.05) is 0 Å². The predicted octanol–water partition coefficient (Wildman–Crippen LogP) is 3.28. The monoisotopic (exact) mass is 310 g/mol. The number of rotatable bonds is 6. The molecular weight excluding hydrogens is 284 g/mol. The van der Waals surface area contributed by atoms with Crippen LogP contribution in [0.1, 0.15) is 31.2 Å². The first-order valence-electron chi connectivity index (χ1n) is 8.76. The Morgan fingerprint density at radius 1 is 1.09 bits per heavy atom. The van der Waals surface area contributed by atoms with Gasteiger partial charge in [-0.15, -0.1) is 0 Å². The third kappa shape index (κ3) is 4.80. The summed E-state index contributed by atoms with van der Waals surface area (Å²) in [5.41, 5.74) is 1.28. The Labute approximate surface area is 138 Å².